The molecule has 6 aromatic rings. The Bertz CT molecular complexity index is 2970. The fraction of sp³-hybridized carbons (Fsp3) is 0.460. The summed E-state index contributed by atoms with van der Waals surface area (Å²) in [5.74, 6) is 0.393. The number of carbonyl (C=O) groups is 4. The molecule has 4 N–H and O–H groups in total. The van der Waals surface area contributed by atoms with Crippen molar-refractivity contribution in [3.05, 3.63) is 82.3 Å². The van der Waals surface area contributed by atoms with E-state index in [4.69, 9.17) is 29.2 Å². The van der Waals surface area contributed by atoms with Crippen LogP contribution in [0.25, 0.3) is 44.7 Å². The molecule has 3 fully saturated rings. The second-order valence-electron chi connectivity index (χ2n) is 19.6. The highest BCUT2D eigenvalue weighted by atomic mass is 32.1. The van der Waals surface area contributed by atoms with Crippen molar-refractivity contribution in [2.75, 3.05) is 27.3 Å². The summed E-state index contributed by atoms with van der Waals surface area (Å²) in [5.41, 5.74) is 4.59. The number of thiazole rings is 1. The number of hydrogen-bond donors (Lipinski definition) is 4. The maximum Gasteiger partial charge on any atom is 0.407 e. The number of nitrogens with one attached hydrogen (secondary N) is 4. The van der Waals surface area contributed by atoms with E-state index in [0.29, 0.717) is 59.4 Å². The van der Waals surface area contributed by atoms with E-state index in [1.165, 1.54) is 20.3 Å². The minimum Gasteiger partial charge on any atom is -0.464 e. The van der Waals surface area contributed by atoms with Gasteiger partial charge in [0, 0.05) is 41.2 Å². The number of imidazole rings is 2. The number of H-pyrrole nitrogens is 2. The number of alkyl carbamates (subject to hydrolysis) is 2. The van der Waals surface area contributed by atoms with E-state index in [9.17, 15) is 19.2 Å². The van der Waals surface area contributed by atoms with Gasteiger partial charge in [-0.3, -0.25) is 14.2 Å². The lowest BCUT2D eigenvalue weighted by Gasteiger charge is -2.30. The van der Waals surface area contributed by atoms with Gasteiger partial charge in [0.05, 0.1) is 76.7 Å². The zero-order valence-corrected chi connectivity index (χ0v) is 40.5. The van der Waals surface area contributed by atoms with Crippen molar-refractivity contribution in [1.82, 2.24) is 49.9 Å². The summed E-state index contributed by atoms with van der Waals surface area (Å²) in [5, 5.41) is 7.31. The van der Waals surface area contributed by atoms with Gasteiger partial charge in [0.25, 0.3) is 0 Å². The third-order valence-electron chi connectivity index (χ3n) is 14.2. The molecule has 7 heterocycles. The Morgan fingerprint density at radius 1 is 0.797 bits per heavy atom. The number of benzene rings is 2. The Morgan fingerprint density at radius 2 is 1.38 bits per heavy atom. The van der Waals surface area contributed by atoms with Gasteiger partial charge in [0.2, 0.25) is 18.0 Å². The van der Waals surface area contributed by atoms with Gasteiger partial charge in [-0.2, -0.15) is 0 Å². The highest BCUT2D eigenvalue weighted by Crippen LogP contribution is 2.52. The summed E-state index contributed by atoms with van der Waals surface area (Å²) in [6.45, 7) is 10.8. The van der Waals surface area contributed by atoms with Crippen LogP contribution in [0.4, 0.5) is 14.0 Å². The third kappa shape index (κ3) is 8.37. The summed E-state index contributed by atoms with van der Waals surface area (Å²) in [6.07, 6.45) is 8.42. The van der Waals surface area contributed by atoms with Crippen LogP contribution in [-0.2, 0) is 24.5 Å². The molecular formula is C50H57FN10O7S. The molecule has 4 aliphatic rings. The number of amides is 4. The average Bonchev–Trinajstić information content (AvgIpc) is 4.12. The van der Waals surface area contributed by atoms with Crippen LogP contribution in [0.15, 0.2) is 55.0 Å². The van der Waals surface area contributed by atoms with E-state index in [2.05, 4.69) is 33.6 Å². The molecule has 362 valence electrons. The molecule has 19 heteroatoms. The van der Waals surface area contributed by atoms with Crippen molar-refractivity contribution in [2.45, 2.75) is 109 Å². The van der Waals surface area contributed by atoms with Crippen LogP contribution in [0.5, 0.6) is 5.75 Å². The van der Waals surface area contributed by atoms with E-state index in [0.717, 1.165) is 64.1 Å². The smallest absolute Gasteiger partial charge is 0.407 e. The minimum atomic E-state index is -0.774. The number of aromatic amines is 2. The number of ether oxygens (including phenoxy) is 3. The Kier molecular flexibility index (Phi) is 12.0. The molecule has 2 aromatic carbocycles. The number of hydrogen-bond acceptors (Lipinski definition) is 11. The molecule has 4 amide bonds. The molecule has 0 radical (unpaired) electrons. The second-order valence-corrected chi connectivity index (χ2v) is 20.6. The summed E-state index contributed by atoms with van der Waals surface area (Å²) in [7, 11) is 2.55. The van der Waals surface area contributed by atoms with Gasteiger partial charge in [-0.15, -0.1) is 11.3 Å². The number of aromatic nitrogens is 6. The summed E-state index contributed by atoms with van der Waals surface area (Å²) >= 11 is 1.62. The normalized spacial score (nSPS) is 20.1. The minimum absolute atomic E-state index is 0.0402. The molecule has 3 aliphatic heterocycles. The first-order valence-electron chi connectivity index (χ1n) is 23.7. The number of halogens is 1. The number of methoxy groups -OCH3 is 2. The van der Waals surface area contributed by atoms with Crippen molar-refractivity contribution < 1.29 is 37.8 Å². The van der Waals surface area contributed by atoms with Crippen LogP contribution >= 0.6 is 11.3 Å². The maximum atomic E-state index is 17.0. The molecule has 0 bridgehead atoms. The summed E-state index contributed by atoms with van der Waals surface area (Å²) < 4.78 is 35.5. The molecule has 1 aliphatic carbocycles. The molecule has 5 atom stereocenters. The number of likely N-dealkylation sites (tertiary alicyclic amines) is 2. The number of carbonyl (C=O) groups excluding carboxylic acids is 4. The van der Waals surface area contributed by atoms with E-state index in [-0.39, 0.29) is 41.1 Å². The van der Waals surface area contributed by atoms with Crippen LogP contribution in [0, 0.1) is 17.7 Å². The predicted molar refractivity (Wildman–Crippen MR) is 256 cm³/mol. The van der Waals surface area contributed by atoms with Gasteiger partial charge in [0.15, 0.2) is 0 Å². The van der Waals surface area contributed by atoms with Crippen LogP contribution in [0.2, 0.25) is 0 Å². The zero-order chi connectivity index (χ0) is 48.5. The topological polar surface area (TPSA) is 202 Å². The lowest BCUT2D eigenvalue weighted by atomic mass is 10.0. The highest BCUT2D eigenvalue weighted by molar-refractivity contribution is 7.11. The molecule has 10 rings (SSSR count). The molecule has 17 nitrogen and oxygen atoms in total. The number of fused-ring (bicyclic) bond motifs is 5. The largest absolute Gasteiger partial charge is 0.464 e. The third-order valence-corrected chi connectivity index (χ3v) is 15.5. The monoisotopic (exact) mass is 960 g/mol. The molecule has 69 heavy (non-hydrogen) atoms. The first kappa shape index (κ1) is 46.0. The standard InChI is InChI=1S/C50H57FN10O7S/c1-25(2)40(57-48(64)66-6)44(62)59-16-8-10-34(59)42-52-22-31(55-42)27-12-13-33-29(18-27)20-36-39-30(51)19-28(21-37(39)68-46(61(33)36)38-24-54-47(69-38)50(5)14-15-50)32-23-53-43(56-32)35-11-9-17-60(35)45(63)41(26(3)4)58-49(65)67-7/h12-13,18-26,34-35,40-41,46H,8-11,14-17H2,1-7H3,(H,52,55)(H,53,56)(H,57,64)(H,58,65)/t34-,35-,40?,41?,46?/m0/s1. The SMILES string of the molecule is COC(=O)NC(C(=O)N1CCC[C@H]1c1ncc(-c2cc(F)c3c(c2)OC(c2cnc(C4(C)CC4)s2)n2c-3cc3cc(-c4cnc([C@@H]5CCCN5C(=O)C(NC(=O)OC)C(C)C)[nH]4)ccc32)[nH]1)C(C)C. The molecule has 2 saturated heterocycles. The van der Waals surface area contributed by atoms with Gasteiger partial charge in [-0.25, -0.2) is 28.9 Å². The Balaban J connectivity index is 0.971. The zero-order valence-electron chi connectivity index (χ0n) is 39.7. The Morgan fingerprint density at radius 3 is 1.93 bits per heavy atom. The van der Waals surface area contributed by atoms with E-state index >= 15 is 4.39 Å². The molecule has 4 aromatic heterocycles. The lowest BCUT2D eigenvalue weighted by Crippen LogP contribution is -2.51. The number of rotatable bonds is 12. The molecular weight excluding hydrogens is 904 g/mol. The highest BCUT2D eigenvalue weighted by Gasteiger charge is 2.44. The van der Waals surface area contributed by atoms with Crippen molar-refractivity contribution >= 4 is 46.2 Å². The van der Waals surface area contributed by atoms with E-state index < -0.39 is 36.3 Å². The molecule has 0 spiro atoms. The van der Waals surface area contributed by atoms with Crippen LogP contribution in [-0.4, -0.2) is 103 Å². The second kappa shape index (κ2) is 18.0. The quantitative estimate of drug-likeness (QED) is 0.0919. The first-order chi connectivity index (χ1) is 33.2. The maximum absolute atomic E-state index is 17.0. The Hall–Kier alpha value is -6.76. The van der Waals surface area contributed by atoms with Crippen molar-refractivity contribution in [3.63, 3.8) is 0 Å². The fourth-order valence-corrected chi connectivity index (χ4v) is 11.2. The van der Waals surface area contributed by atoms with Gasteiger partial charge in [0.1, 0.15) is 35.3 Å². The predicted octanol–water partition coefficient (Wildman–Crippen LogP) is 8.76. The van der Waals surface area contributed by atoms with Crippen molar-refractivity contribution in [1.29, 1.82) is 0 Å². The summed E-state index contributed by atoms with van der Waals surface area (Å²) in [6, 6.07) is 9.21. The molecule has 1 saturated carbocycles. The van der Waals surface area contributed by atoms with Gasteiger partial charge in [-0.1, -0.05) is 40.7 Å². The van der Waals surface area contributed by atoms with Gasteiger partial charge >= 0.3 is 12.2 Å². The average molecular weight is 961 g/mol. The number of nitrogens with zero attached hydrogens (tertiary/aromatic N) is 6. The van der Waals surface area contributed by atoms with Gasteiger partial charge < -0.3 is 44.6 Å². The molecule has 3 unspecified atom stereocenters. The van der Waals surface area contributed by atoms with E-state index in [1.807, 2.05) is 62.7 Å². The fourth-order valence-electron chi connectivity index (χ4n) is 10.1. The van der Waals surface area contributed by atoms with Crippen molar-refractivity contribution in [3.8, 4) is 39.5 Å². The van der Waals surface area contributed by atoms with Gasteiger partial charge in [-0.05, 0) is 80.7 Å². The van der Waals surface area contributed by atoms with Crippen LogP contribution in [0.3, 0.4) is 0 Å². The Labute approximate surface area is 402 Å². The van der Waals surface area contributed by atoms with Crippen LogP contribution in [0.1, 0.15) is 113 Å². The van der Waals surface area contributed by atoms with E-state index in [1.54, 1.807) is 33.5 Å². The van der Waals surface area contributed by atoms with Crippen molar-refractivity contribution in [2.24, 2.45) is 11.8 Å². The summed E-state index contributed by atoms with van der Waals surface area (Å²) in [4.78, 5) is 77.6. The van der Waals surface area contributed by atoms with Crippen LogP contribution < -0.4 is 15.4 Å². The first-order valence-corrected chi connectivity index (χ1v) is 24.5. The lowest BCUT2D eigenvalue weighted by molar-refractivity contribution is -0.136.